The number of benzene rings is 3. The van der Waals surface area contributed by atoms with Crippen LogP contribution in [0.4, 0.5) is 5.69 Å². The number of methoxy groups -OCH3 is 2. The fraction of sp³-hybridized carbons (Fsp3) is 0.111. The van der Waals surface area contributed by atoms with Gasteiger partial charge in [0.2, 0.25) is 5.78 Å². The van der Waals surface area contributed by atoms with E-state index in [9.17, 15) is 9.59 Å². The van der Waals surface area contributed by atoms with Gasteiger partial charge in [0.1, 0.15) is 22.7 Å². The molecule has 5 rings (SSSR count). The number of nitrogens with one attached hydrogen (secondary N) is 1. The molecule has 0 saturated heterocycles. The molecule has 7 nitrogen and oxygen atoms in total. The van der Waals surface area contributed by atoms with Crippen LogP contribution in [0.1, 0.15) is 32.2 Å². The van der Waals surface area contributed by atoms with Crippen LogP contribution in [-0.4, -0.2) is 25.9 Å². The number of halogens is 1. The first kappa shape index (κ1) is 22.6. The summed E-state index contributed by atoms with van der Waals surface area (Å²) in [6, 6.07) is 16.9. The molecule has 0 fully saturated rings. The Morgan fingerprint density at radius 3 is 2.46 bits per heavy atom. The van der Waals surface area contributed by atoms with E-state index in [1.165, 1.54) is 14.2 Å². The van der Waals surface area contributed by atoms with Gasteiger partial charge < -0.3 is 23.6 Å². The number of anilines is 1. The van der Waals surface area contributed by atoms with Gasteiger partial charge in [-0.05, 0) is 67.6 Å². The topological polar surface area (TPSA) is 90.9 Å². The first-order valence-electron chi connectivity index (χ1n) is 10.7. The number of hydrogen-bond acceptors (Lipinski definition) is 6. The number of furan rings is 2. The molecule has 0 saturated carbocycles. The van der Waals surface area contributed by atoms with Gasteiger partial charge >= 0.3 is 0 Å². The molecule has 1 N–H and O–H groups in total. The van der Waals surface area contributed by atoms with Crippen LogP contribution in [0.25, 0.3) is 21.9 Å². The molecule has 0 atom stereocenters. The molecule has 5 aromatic rings. The predicted octanol–water partition coefficient (Wildman–Crippen LogP) is 6.64. The molecule has 8 heteroatoms. The Bertz CT molecular complexity index is 1610. The largest absolute Gasteiger partial charge is 0.497 e. The predicted molar refractivity (Wildman–Crippen MR) is 133 cm³/mol. The van der Waals surface area contributed by atoms with Crippen molar-refractivity contribution >= 4 is 50.9 Å². The van der Waals surface area contributed by atoms with E-state index in [0.717, 1.165) is 5.39 Å². The van der Waals surface area contributed by atoms with Crippen molar-refractivity contribution in [3.8, 4) is 11.5 Å². The van der Waals surface area contributed by atoms with Crippen molar-refractivity contribution in [1.29, 1.82) is 0 Å². The molecule has 0 bridgehead atoms. The van der Waals surface area contributed by atoms with Gasteiger partial charge in [-0.3, -0.25) is 9.59 Å². The molecule has 0 unspecified atom stereocenters. The molecule has 1 amide bonds. The minimum absolute atomic E-state index is 0.160. The van der Waals surface area contributed by atoms with Crippen LogP contribution in [0.5, 0.6) is 11.5 Å². The zero-order chi connectivity index (χ0) is 24.7. The quantitative estimate of drug-likeness (QED) is 0.269. The van der Waals surface area contributed by atoms with Gasteiger partial charge in [-0.15, -0.1) is 0 Å². The van der Waals surface area contributed by atoms with Gasteiger partial charge in [0.05, 0.1) is 19.8 Å². The molecule has 2 heterocycles. The highest BCUT2D eigenvalue weighted by atomic mass is 35.5. The summed E-state index contributed by atoms with van der Waals surface area (Å²) >= 11 is 6.01. The fourth-order valence-electron chi connectivity index (χ4n) is 3.95. The summed E-state index contributed by atoms with van der Waals surface area (Å²) in [6.45, 7) is 1.79. The maximum absolute atomic E-state index is 13.3. The van der Waals surface area contributed by atoms with Crippen LogP contribution in [0.3, 0.4) is 0 Å². The van der Waals surface area contributed by atoms with Crippen LogP contribution >= 0.6 is 11.6 Å². The molecule has 0 aliphatic carbocycles. The summed E-state index contributed by atoms with van der Waals surface area (Å²) in [5.74, 6) is 0.546. The van der Waals surface area contributed by atoms with Gasteiger partial charge in [0.15, 0.2) is 11.5 Å². The van der Waals surface area contributed by atoms with Crippen molar-refractivity contribution < 1.29 is 27.9 Å². The maximum atomic E-state index is 13.3. The lowest BCUT2D eigenvalue weighted by atomic mass is 10.0. The summed E-state index contributed by atoms with van der Waals surface area (Å²) in [5.41, 5.74) is 2.58. The standard InChI is InChI=1S/C27H20ClNO6/c1-14-19-12-17(29-27(31)24-11-15-10-16(28)4-7-21(15)34-24)5-8-23(19)35-26(14)25(30)20-13-18(32-2)6-9-22(20)33-3/h4-13H,1-3H3,(H,29,31). The number of ether oxygens (including phenoxy) is 2. The number of fused-ring (bicyclic) bond motifs is 2. The second-order valence-electron chi connectivity index (χ2n) is 7.91. The van der Waals surface area contributed by atoms with Crippen molar-refractivity contribution in [2.24, 2.45) is 0 Å². The molecule has 0 aliphatic rings. The molecule has 0 spiro atoms. The van der Waals surface area contributed by atoms with E-state index in [-0.39, 0.29) is 17.3 Å². The third-order valence-electron chi connectivity index (χ3n) is 5.75. The lowest BCUT2D eigenvalue weighted by Gasteiger charge is -2.08. The SMILES string of the molecule is COc1ccc(OC)c(C(=O)c2oc3ccc(NC(=O)c4cc5cc(Cl)ccc5o4)cc3c2C)c1. The number of amides is 1. The van der Waals surface area contributed by atoms with E-state index in [2.05, 4.69) is 5.32 Å². The van der Waals surface area contributed by atoms with E-state index < -0.39 is 5.91 Å². The normalized spacial score (nSPS) is 11.1. The van der Waals surface area contributed by atoms with E-state index in [0.29, 0.717) is 49.9 Å². The second-order valence-corrected chi connectivity index (χ2v) is 8.35. The second kappa shape index (κ2) is 8.85. The highest BCUT2D eigenvalue weighted by Crippen LogP contribution is 2.33. The summed E-state index contributed by atoms with van der Waals surface area (Å²) in [6.07, 6.45) is 0. The molecular formula is C27H20ClNO6. The Labute approximate surface area is 205 Å². The maximum Gasteiger partial charge on any atom is 0.291 e. The van der Waals surface area contributed by atoms with Crippen molar-refractivity contribution in [1.82, 2.24) is 0 Å². The third-order valence-corrected chi connectivity index (χ3v) is 5.99. The average Bonchev–Trinajstić information content (AvgIpc) is 3.44. The van der Waals surface area contributed by atoms with E-state index in [1.54, 1.807) is 67.6 Å². The molecule has 3 aromatic carbocycles. The van der Waals surface area contributed by atoms with Crippen LogP contribution in [0.15, 0.2) is 69.5 Å². The Morgan fingerprint density at radius 2 is 1.69 bits per heavy atom. The Morgan fingerprint density at radius 1 is 0.886 bits per heavy atom. The van der Waals surface area contributed by atoms with Gasteiger partial charge in [-0.25, -0.2) is 0 Å². The van der Waals surface area contributed by atoms with Gasteiger partial charge in [-0.1, -0.05) is 11.6 Å². The third kappa shape index (κ3) is 4.11. The summed E-state index contributed by atoms with van der Waals surface area (Å²) in [4.78, 5) is 26.1. The number of ketones is 1. The van der Waals surface area contributed by atoms with Crippen LogP contribution in [0.2, 0.25) is 5.02 Å². The number of hydrogen-bond donors (Lipinski definition) is 1. The van der Waals surface area contributed by atoms with Crippen molar-refractivity contribution in [2.45, 2.75) is 6.92 Å². The monoisotopic (exact) mass is 489 g/mol. The molecule has 2 aromatic heterocycles. The minimum atomic E-state index is -0.407. The number of carbonyl (C=O) groups is 2. The number of rotatable bonds is 6. The van der Waals surface area contributed by atoms with Crippen molar-refractivity contribution in [2.75, 3.05) is 19.5 Å². The van der Waals surface area contributed by atoms with E-state index in [1.807, 2.05) is 0 Å². The van der Waals surface area contributed by atoms with Crippen molar-refractivity contribution in [3.05, 3.63) is 88.3 Å². The highest BCUT2D eigenvalue weighted by molar-refractivity contribution is 6.31. The minimum Gasteiger partial charge on any atom is -0.497 e. The Balaban J connectivity index is 1.46. The Hall–Kier alpha value is -4.23. The van der Waals surface area contributed by atoms with Crippen LogP contribution in [-0.2, 0) is 0 Å². The molecule has 35 heavy (non-hydrogen) atoms. The summed E-state index contributed by atoms with van der Waals surface area (Å²) < 4.78 is 22.1. The molecule has 0 radical (unpaired) electrons. The summed E-state index contributed by atoms with van der Waals surface area (Å²) in [7, 11) is 3.02. The highest BCUT2D eigenvalue weighted by Gasteiger charge is 2.23. The van der Waals surface area contributed by atoms with Gasteiger partial charge in [-0.2, -0.15) is 0 Å². The smallest absolute Gasteiger partial charge is 0.291 e. The molecule has 0 aliphatic heterocycles. The first-order valence-corrected chi connectivity index (χ1v) is 11.1. The van der Waals surface area contributed by atoms with E-state index in [4.69, 9.17) is 29.9 Å². The fourth-order valence-corrected chi connectivity index (χ4v) is 4.13. The molecular weight excluding hydrogens is 470 g/mol. The number of carbonyl (C=O) groups excluding carboxylic acids is 2. The Kier molecular flexibility index (Phi) is 5.70. The first-order chi connectivity index (χ1) is 16.9. The zero-order valence-corrected chi connectivity index (χ0v) is 19.9. The lowest BCUT2D eigenvalue weighted by Crippen LogP contribution is -2.10. The van der Waals surface area contributed by atoms with E-state index >= 15 is 0 Å². The number of aryl methyl sites for hydroxylation is 1. The molecule has 176 valence electrons. The van der Waals surface area contributed by atoms with Gasteiger partial charge in [0, 0.05) is 27.0 Å². The lowest BCUT2D eigenvalue weighted by molar-refractivity contribution is 0.0994. The van der Waals surface area contributed by atoms with Crippen molar-refractivity contribution in [3.63, 3.8) is 0 Å². The van der Waals surface area contributed by atoms with Crippen LogP contribution < -0.4 is 14.8 Å². The summed E-state index contributed by atoms with van der Waals surface area (Å²) in [5, 5.41) is 4.82. The average molecular weight is 490 g/mol. The van der Waals surface area contributed by atoms with Gasteiger partial charge in [0.25, 0.3) is 5.91 Å². The zero-order valence-electron chi connectivity index (χ0n) is 19.1. The van der Waals surface area contributed by atoms with Crippen LogP contribution in [0, 0.1) is 6.92 Å².